The molecule has 0 saturated carbocycles. The summed E-state index contributed by atoms with van der Waals surface area (Å²) in [7, 11) is -4.34. The number of fused-ring (bicyclic) bond motifs is 1. The van der Waals surface area contributed by atoms with Crippen molar-refractivity contribution in [3.63, 3.8) is 0 Å². The highest BCUT2D eigenvalue weighted by molar-refractivity contribution is 9.10. The molecule has 16 heavy (non-hydrogen) atoms. The van der Waals surface area contributed by atoms with Gasteiger partial charge in [0.1, 0.15) is 10.6 Å². The Bertz CT molecular complexity index is 659. The van der Waals surface area contributed by atoms with Gasteiger partial charge in [0.05, 0.1) is 0 Å². The summed E-state index contributed by atoms with van der Waals surface area (Å²) in [4.78, 5) is -0.296. The second kappa shape index (κ2) is 3.73. The van der Waals surface area contributed by atoms with E-state index in [-0.39, 0.29) is 10.6 Å². The Morgan fingerprint density at radius 2 is 1.81 bits per heavy atom. The van der Waals surface area contributed by atoms with Gasteiger partial charge < -0.3 is 5.11 Å². The lowest BCUT2D eigenvalue weighted by molar-refractivity contribution is 0.468. The fourth-order valence-electron chi connectivity index (χ4n) is 1.50. The van der Waals surface area contributed by atoms with Crippen molar-refractivity contribution in [1.29, 1.82) is 0 Å². The van der Waals surface area contributed by atoms with Gasteiger partial charge in [0, 0.05) is 15.9 Å². The SMILES string of the molecule is O=S(=O)(O)c1cc(O)cc2cc(Br)ccc12. The number of halogens is 1. The van der Waals surface area contributed by atoms with Gasteiger partial charge in [0.15, 0.2) is 0 Å². The number of aromatic hydroxyl groups is 1. The lowest BCUT2D eigenvalue weighted by Crippen LogP contribution is -1.98. The molecule has 84 valence electrons. The largest absolute Gasteiger partial charge is 0.508 e. The number of phenolic OH excluding ortho intramolecular Hbond substituents is 1. The van der Waals surface area contributed by atoms with E-state index in [1.807, 2.05) is 0 Å². The highest BCUT2D eigenvalue weighted by Crippen LogP contribution is 2.29. The first-order valence-corrected chi connectivity index (χ1v) is 6.51. The molecule has 2 N–H and O–H groups in total. The third-order valence-electron chi connectivity index (χ3n) is 2.14. The van der Waals surface area contributed by atoms with Gasteiger partial charge in [0.2, 0.25) is 0 Å². The van der Waals surface area contributed by atoms with Crippen molar-refractivity contribution in [1.82, 2.24) is 0 Å². The minimum absolute atomic E-state index is 0.210. The van der Waals surface area contributed by atoms with Crippen LogP contribution in [0.5, 0.6) is 5.75 Å². The molecule has 0 amide bonds. The number of hydrogen-bond acceptors (Lipinski definition) is 3. The van der Waals surface area contributed by atoms with E-state index in [0.717, 1.165) is 10.5 Å². The molecule has 0 aromatic heterocycles. The highest BCUT2D eigenvalue weighted by atomic mass is 79.9. The smallest absolute Gasteiger partial charge is 0.295 e. The van der Waals surface area contributed by atoms with E-state index in [4.69, 9.17) is 4.55 Å². The summed E-state index contributed by atoms with van der Waals surface area (Å²) >= 11 is 3.24. The summed E-state index contributed by atoms with van der Waals surface area (Å²) in [6, 6.07) is 7.32. The summed E-state index contributed by atoms with van der Waals surface area (Å²) in [6.07, 6.45) is 0. The van der Waals surface area contributed by atoms with Gasteiger partial charge in [-0.2, -0.15) is 8.42 Å². The number of benzene rings is 2. The zero-order valence-corrected chi connectivity index (χ0v) is 10.3. The van der Waals surface area contributed by atoms with Crippen molar-refractivity contribution >= 4 is 36.8 Å². The van der Waals surface area contributed by atoms with E-state index >= 15 is 0 Å². The van der Waals surface area contributed by atoms with Gasteiger partial charge in [-0.3, -0.25) is 4.55 Å². The molecular weight excluding hydrogens is 296 g/mol. The van der Waals surface area contributed by atoms with Crippen LogP contribution in [0.1, 0.15) is 0 Å². The predicted molar refractivity (Wildman–Crippen MR) is 63.1 cm³/mol. The molecule has 0 aliphatic heterocycles. The lowest BCUT2D eigenvalue weighted by atomic mass is 10.1. The Balaban J connectivity index is 2.94. The van der Waals surface area contributed by atoms with Crippen LogP contribution in [0.15, 0.2) is 39.7 Å². The van der Waals surface area contributed by atoms with Crippen molar-refractivity contribution in [2.24, 2.45) is 0 Å². The molecule has 0 heterocycles. The van der Waals surface area contributed by atoms with Gasteiger partial charge >= 0.3 is 0 Å². The third kappa shape index (κ3) is 2.04. The molecule has 0 aliphatic carbocycles. The molecule has 0 unspecified atom stereocenters. The summed E-state index contributed by atoms with van der Waals surface area (Å²) < 4.78 is 32.0. The van der Waals surface area contributed by atoms with Crippen LogP contribution < -0.4 is 0 Å². The zero-order chi connectivity index (χ0) is 11.9. The molecule has 0 fully saturated rings. The number of rotatable bonds is 1. The Kier molecular flexibility index (Phi) is 2.65. The lowest BCUT2D eigenvalue weighted by Gasteiger charge is -2.05. The molecule has 2 aromatic carbocycles. The number of phenols is 1. The Labute approximate surface area is 100 Å². The predicted octanol–water partition coefficient (Wildman–Crippen LogP) is 2.55. The second-order valence-electron chi connectivity index (χ2n) is 3.28. The average Bonchev–Trinajstić information content (AvgIpc) is 2.14. The molecule has 4 nitrogen and oxygen atoms in total. The summed E-state index contributed by atoms with van der Waals surface area (Å²) in [6.45, 7) is 0. The maximum absolute atomic E-state index is 11.1. The van der Waals surface area contributed by atoms with E-state index in [1.54, 1.807) is 18.2 Å². The third-order valence-corrected chi connectivity index (χ3v) is 3.53. The Morgan fingerprint density at radius 3 is 2.44 bits per heavy atom. The molecule has 2 aromatic rings. The van der Waals surface area contributed by atoms with Crippen LogP contribution >= 0.6 is 15.9 Å². The van der Waals surface area contributed by atoms with Gasteiger partial charge in [-0.15, -0.1) is 0 Å². The van der Waals surface area contributed by atoms with Crippen molar-refractivity contribution in [3.05, 3.63) is 34.8 Å². The van der Waals surface area contributed by atoms with E-state index < -0.39 is 10.1 Å². The fraction of sp³-hybridized carbons (Fsp3) is 0. The van der Waals surface area contributed by atoms with Crippen LogP contribution in [-0.4, -0.2) is 18.1 Å². The van der Waals surface area contributed by atoms with Crippen molar-refractivity contribution in [2.45, 2.75) is 4.90 Å². The van der Waals surface area contributed by atoms with Crippen LogP contribution in [0.4, 0.5) is 0 Å². The van der Waals surface area contributed by atoms with Gasteiger partial charge in [-0.25, -0.2) is 0 Å². The standard InChI is InChI=1S/C10H7BrO4S/c11-7-1-2-9-6(3-7)4-8(12)5-10(9)16(13,14)15/h1-5,12H,(H,13,14,15). The molecule has 0 atom stereocenters. The van der Waals surface area contributed by atoms with E-state index in [0.29, 0.717) is 10.8 Å². The zero-order valence-electron chi connectivity index (χ0n) is 7.88. The molecule has 0 spiro atoms. The molecule has 0 bridgehead atoms. The summed E-state index contributed by atoms with van der Waals surface area (Å²) in [5.41, 5.74) is 0. The minimum atomic E-state index is -4.34. The molecule has 0 saturated heterocycles. The Morgan fingerprint density at radius 1 is 1.12 bits per heavy atom. The normalized spacial score (nSPS) is 11.9. The van der Waals surface area contributed by atoms with E-state index in [1.165, 1.54) is 6.07 Å². The van der Waals surface area contributed by atoms with Gasteiger partial charge in [0.25, 0.3) is 10.1 Å². The van der Waals surface area contributed by atoms with E-state index in [2.05, 4.69) is 15.9 Å². The van der Waals surface area contributed by atoms with Crippen LogP contribution in [0.3, 0.4) is 0 Å². The molecule has 6 heteroatoms. The topological polar surface area (TPSA) is 74.6 Å². The van der Waals surface area contributed by atoms with Crippen LogP contribution in [0.25, 0.3) is 10.8 Å². The first-order chi connectivity index (χ1) is 7.38. The first kappa shape index (κ1) is 11.4. The van der Waals surface area contributed by atoms with Crippen molar-refractivity contribution in [3.8, 4) is 5.75 Å². The van der Waals surface area contributed by atoms with Crippen LogP contribution in [0.2, 0.25) is 0 Å². The van der Waals surface area contributed by atoms with Crippen molar-refractivity contribution < 1.29 is 18.1 Å². The second-order valence-corrected chi connectivity index (χ2v) is 5.59. The fourth-order valence-corrected chi connectivity index (χ4v) is 2.62. The molecule has 2 rings (SSSR count). The minimum Gasteiger partial charge on any atom is -0.508 e. The monoisotopic (exact) mass is 302 g/mol. The van der Waals surface area contributed by atoms with Gasteiger partial charge in [-0.1, -0.05) is 22.0 Å². The van der Waals surface area contributed by atoms with Crippen molar-refractivity contribution in [2.75, 3.05) is 0 Å². The molecule has 0 aliphatic rings. The maximum atomic E-state index is 11.1. The van der Waals surface area contributed by atoms with E-state index in [9.17, 15) is 13.5 Å². The molecular formula is C10H7BrO4S. The quantitative estimate of drug-likeness (QED) is 0.794. The number of hydrogen-bond donors (Lipinski definition) is 2. The average molecular weight is 303 g/mol. The first-order valence-electron chi connectivity index (χ1n) is 4.28. The van der Waals surface area contributed by atoms with Crippen LogP contribution in [0, 0.1) is 0 Å². The highest BCUT2D eigenvalue weighted by Gasteiger charge is 2.15. The summed E-state index contributed by atoms with van der Waals surface area (Å²) in [5.74, 6) is -0.210. The maximum Gasteiger partial charge on any atom is 0.295 e. The molecule has 0 radical (unpaired) electrons. The Hall–Kier alpha value is -1.11. The summed E-state index contributed by atoms with van der Waals surface area (Å²) in [5, 5.41) is 10.3. The van der Waals surface area contributed by atoms with Crippen LogP contribution in [-0.2, 0) is 10.1 Å². The van der Waals surface area contributed by atoms with Gasteiger partial charge in [-0.05, 0) is 23.6 Å².